The number of quaternary nitrogens is 1. The molecule has 3 rings (SSSR count). The lowest BCUT2D eigenvalue weighted by molar-refractivity contribution is -0.940. The molecule has 2 heterocycles. The van der Waals surface area contributed by atoms with Crippen LogP contribution >= 0.6 is 15.9 Å². The summed E-state index contributed by atoms with van der Waals surface area (Å²) < 4.78 is 6.42. The topological polar surface area (TPSA) is 30.7 Å². The Hall–Kier alpha value is -0.870. The highest BCUT2D eigenvalue weighted by atomic mass is 79.9. The Balaban J connectivity index is 1.59. The fourth-order valence-electron chi connectivity index (χ4n) is 3.86. The molecule has 2 aliphatic heterocycles. The molecule has 1 unspecified atom stereocenters. The predicted molar refractivity (Wildman–Crippen MR) is 85.5 cm³/mol. The molecule has 0 saturated carbocycles. The van der Waals surface area contributed by atoms with E-state index in [9.17, 15) is 4.79 Å². The van der Waals surface area contributed by atoms with Gasteiger partial charge in [-0.3, -0.25) is 0 Å². The minimum absolute atomic E-state index is 0.203. The van der Waals surface area contributed by atoms with Gasteiger partial charge in [-0.1, -0.05) is 12.1 Å². The number of hydrogen-bond donors (Lipinski definition) is 1. The van der Waals surface area contributed by atoms with E-state index >= 15 is 0 Å². The first-order valence-corrected chi connectivity index (χ1v) is 8.81. The molecule has 3 atom stereocenters. The zero-order valence-corrected chi connectivity index (χ0v) is 13.9. The van der Waals surface area contributed by atoms with Crippen LogP contribution < -0.4 is 4.90 Å². The first kappa shape index (κ1) is 15.0. The average Bonchev–Trinajstić information content (AvgIpc) is 2.53. The van der Waals surface area contributed by atoms with Crippen molar-refractivity contribution in [3.63, 3.8) is 0 Å². The van der Waals surface area contributed by atoms with Crippen LogP contribution in [0.25, 0.3) is 0 Å². The molecule has 0 aliphatic carbocycles. The molecule has 1 aromatic rings. The molecule has 0 amide bonds. The second kappa shape index (κ2) is 6.93. The number of ether oxygens (including phenoxy) is 1. The highest BCUT2D eigenvalue weighted by Crippen LogP contribution is 2.22. The van der Waals surface area contributed by atoms with Gasteiger partial charge in [0.15, 0.2) is 0 Å². The largest absolute Gasteiger partial charge is 0.462 e. The van der Waals surface area contributed by atoms with E-state index in [1.165, 1.54) is 45.2 Å². The van der Waals surface area contributed by atoms with E-state index in [0.29, 0.717) is 24.1 Å². The number of benzene rings is 1. The lowest BCUT2D eigenvalue weighted by Crippen LogP contribution is -3.18. The van der Waals surface area contributed by atoms with Gasteiger partial charge in [0.2, 0.25) is 0 Å². The fraction of sp³-hybridized carbons (Fsp3) is 0.588. The second-order valence-corrected chi connectivity index (χ2v) is 7.10. The summed E-state index contributed by atoms with van der Waals surface area (Å²) >= 11 is 3.41. The van der Waals surface area contributed by atoms with Crippen molar-refractivity contribution in [2.45, 2.75) is 38.1 Å². The monoisotopic (exact) mass is 352 g/mol. The predicted octanol–water partition coefficient (Wildman–Crippen LogP) is 2.45. The number of nitrogens with one attached hydrogen (secondary N) is 1. The first-order chi connectivity index (χ1) is 10.3. The van der Waals surface area contributed by atoms with Crippen molar-refractivity contribution in [2.24, 2.45) is 5.92 Å². The minimum atomic E-state index is -0.203. The van der Waals surface area contributed by atoms with Gasteiger partial charge in [-0.15, -0.1) is 0 Å². The van der Waals surface area contributed by atoms with Gasteiger partial charge in [0.25, 0.3) is 0 Å². The summed E-state index contributed by atoms with van der Waals surface area (Å²) in [7, 11) is 0. The third-order valence-electron chi connectivity index (χ3n) is 4.95. The van der Waals surface area contributed by atoms with E-state index in [0.717, 1.165) is 4.47 Å². The summed E-state index contributed by atoms with van der Waals surface area (Å²) in [4.78, 5) is 14.0. The number of carbonyl (C=O) groups is 1. The smallest absolute Gasteiger partial charge is 0.339 e. The van der Waals surface area contributed by atoms with Gasteiger partial charge in [-0.05, 0) is 60.2 Å². The molecule has 2 fully saturated rings. The van der Waals surface area contributed by atoms with E-state index in [4.69, 9.17) is 4.74 Å². The number of rotatable bonds is 3. The lowest BCUT2D eigenvalue weighted by Gasteiger charge is -2.41. The van der Waals surface area contributed by atoms with Crippen molar-refractivity contribution in [3.05, 3.63) is 34.3 Å². The van der Waals surface area contributed by atoms with Crippen LogP contribution in [0.3, 0.4) is 0 Å². The summed E-state index contributed by atoms with van der Waals surface area (Å²) in [6.07, 6.45) is 6.46. The summed E-state index contributed by atoms with van der Waals surface area (Å²) in [5.74, 6) is 0.339. The van der Waals surface area contributed by atoms with E-state index in [1.807, 2.05) is 24.3 Å². The van der Waals surface area contributed by atoms with E-state index in [1.54, 1.807) is 4.90 Å². The molecule has 1 aromatic carbocycles. The fourth-order valence-corrected chi connectivity index (χ4v) is 4.31. The summed E-state index contributed by atoms with van der Waals surface area (Å²) in [6, 6.07) is 8.18. The molecular weight excluding hydrogens is 330 g/mol. The summed E-state index contributed by atoms with van der Waals surface area (Å²) in [5, 5.41) is 0. The van der Waals surface area contributed by atoms with Crippen LogP contribution in [0, 0.1) is 5.92 Å². The van der Waals surface area contributed by atoms with Crippen LogP contribution in [0.2, 0.25) is 0 Å². The molecular formula is C17H23BrNO2+. The van der Waals surface area contributed by atoms with Crippen molar-refractivity contribution >= 4 is 21.9 Å². The van der Waals surface area contributed by atoms with Crippen LogP contribution in [-0.2, 0) is 4.74 Å². The van der Waals surface area contributed by atoms with Crippen molar-refractivity contribution < 1.29 is 14.4 Å². The van der Waals surface area contributed by atoms with E-state index < -0.39 is 0 Å². The third-order valence-corrected chi connectivity index (χ3v) is 5.64. The maximum Gasteiger partial charge on any atom is 0.339 e. The molecule has 2 aliphatic rings. The minimum Gasteiger partial charge on any atom is -0.462 e. The second-order valence-electron chi connectivity index (χ2n) is 6.24. The third kappa shape index (κ3) is 3.49. The molecule has 0 radical (unpaired) electrons. The SMILES string of the molecule is O=C(OC[C@H]1CCC[NH+]2CCCC[C@H]12)c1ccccc1Br. The highest BCUT2D eigenvalue weighted by Gasteiger charge is 2.37. The Morgan fingerprint density at radius 1 is 1.19 bits per heavy atom. The zero-order valence-electron chi connectivity index (χ0n) is 12.3. The highest BCUT2D eigenvalue weighted by molar-refractivity contribution is 9.10. The molecule has 0 bridgehead atoms. The van der Waals surface area contributed by atoms with Crippen LogP contribution in [0.4, 0.5) is 0 Å². The zero-order chi connectivity index (χ0) is 14.7. The molecule has 3 nitrogen and oxygen atoms in total. The molecule has 0 spiro atoms. The van der Waals surface area contributed by atoms with Crippen molar-refractivity contribution in [1.29, 1.82) is 0 Å². The first-order valence-electron chi connectivity index (χ1n) is 8.02. The molecule has 2 saturated heterocycles. The summed E-state index contributed by atoms with van der Waals surface area (Å²) in [5.41, 5.74) is 0.626. The Bertz CT molecular complexity index is 503. The molecule has 1 N–H and O–H groups in total. The number of piperidine rings is 2. The Morgan fingerprint density at radius 2 is 2.00 bits per heavy atom. The molecule has 4 heteroatoms. The molecule has 21 heavy (non-hydrogen) atoms. The molecule has 0 aromatic heterocycles. The van der Waals surface area contributed by atoms with Gasteiger partial charge in [-0.25, -0.2) is 4.79 Å². The Morgan fingerprint density at radius 3 is 2.86 bits per heavy atom. The van der Waals surface area contributed by atoms with Crippen molar-refractivity contribution in [1.82, 2.24) is 0 Å². The van der Waals surface area contributed by atoms with Gasteiger partial charge < -0.3 is 9.64 Å². The summed E-state index contributed by atoms with van der Waals surface area (Å²) in [6.45, 7) is 3.19. The van der Waals surface area contributed by atoms with Gasteiger partial charge in [0, 0.05) is 10.4 Å². The number of esters is 1. The van der Waals surface area contributed by atoms with Crippen molar-refractivity contribution in [3.8, 4) is 0 Å². The standard InChI is InChI=1S/C17H22BrNO2/c18-15-8-2-1-7-14(15)17(20)21-12-13-6-5-11-19-10-4-3-9-16(13)19/h1-2,7-8,13,16H,3-6,9-12H2/p+1/t13-,16-/m1/s1. The van der Waals surface area contributed by atoms with E-state index in [-0.39, 0.29) is 5.97 Å². The maximum atomic E-state index is 12.2. The maximum absolute atomic E-state index is 12.2. The number of halogens is 1. The van der Waals surface area contributed by atoms with Crippen LogP contribution in [0.15, 0.2) is 28.7 Å². The van der Waals surface area contributed by atoms with Crippen LogP contribution in [0.1, 0.15) is 42.5 Å². The van der Waals surface area contributed by atoms with E-state index in [2.05, 4.69) is 15.9 Å². The normalized spacial score (nSPS) is 28.7. The van der Waals surface area contributed by atoms with Gasteiger partial charge in [0.1, 0.15) is 6.61 Å². The van der Waals surface area contributed by atoms with Gasteiger partial charge in [0.05, 0.1) is 24.7 Å². The Labute approximate surface area is 134 Å². The van der Waals surface area contributed by atoms with Gasteiger partial charge >= 0.3 is 5.97 Å². The number of hydrogen-bond acceptors (Lipinski definition) is 2. The average molecular weight is 353 g/mol. The number of fused-ring (bicyclic) bond motifs is 1. The van der Waals surface area contributed by atoms with Crippen LogP contribution in [0.5, 0.6) is 0 Å². The number of carbonyl (C=O) groups excluding carboxylic acids is 1. The molecule has 114 valence electrons. The van der Waals surface area contributed by atoms with Crippen LogP contribution in [-0.4, -0.2) is 31.7 Å². The van der Waals surface area contributed by atoms with Crippen molar-refractivity contribution in [2.75, 3.05) is 19.7 Å². The Kier molecular flexibility index (Phi) is 4.96. The lowest BCUT2D eigenvalue weighted by atomic mass is 9.84. The van der Waals surface area contributed by atoms with Gasteiger partial charge in [-0.2, -0.15) is 0 Å². The quantitative estimate of drug-likeness (QED) is 0.847.